The van der Waals surface area contributed by atoms with E-state index in [0.717, 1.165) is 0 Å². The minimum atomic E-state index is -0.730. The van der Waals surface area contributed by atoms with Gasteiger partial charge in [-0.05, 0) is 38.1 Å². The number of carbonyl (C=O) groups excluding carboxylic acids is 3. The molecule has 0 spiro atoms. The second kappa shape index (κ2) is 10.9. The number of hydrogen-bond donors (Lipinski definition) is 2. The number of nitrogens with zero attached hydrogens (tertiary/aromatic N) is 1. The van der Waals surface area contributed by atoms with Gasteiger partial charge in [0.1, 0.15) is 12.1 Å². The Labute approximate surface area is 173 Å². The Balaban J connectivity index is 2.02. The zero-order valence-corrected chi connectivity index (χ0v) is 16.9. The van der Waals surface area contributed by atoms with Gasteiger partial charge in [-0.2, -0.15) is 5.26 Å². The predicted molar refractivity (Wildman–Crippen MR) is 108 cm³/mol. The summed E-state index contributed by atoms with van der Waals surface area (Å²) in [6, 6.07) is 15.3. The highest BCUT2D eigenvalue weighted by Gasteiger charge is 2.18. The molecular weight excluding hydrogens is 390 g/mol. The topological polar surface area (TPSA) is 108 Å². The van der Waals surface area contributed by atoms with Crippen molar-refractivity contribution in [3.8, 4) is 6.07 Å². The minimum absolute atomic E-state index is 0.287. The number of rotatable bonds is 8. The molecule has 7 nitrogen and oxygen atoms in total. The van der Waals surface area contributed by atoms with Crippen LogP contribution in [0.25, 0.3) is 0 Å². The summed E-state index contributed by atoms with van der Waals surface area (Å²) in [5.74, 6) is -1.55. The van der Waals surface area contributed by atoms with E-state index < -0.39 is 24.5 Å². The molecule has 0 aliphatic heterocycles. The fraction of sp³-hybridized carbons (Fsp3) is 0.238. The van der Waals surface area contributed by atoms with E-state index in [2.05, 4.69) is 16.7 Å². The van der Waals surface area contributed by atoms with E-state index in [1.54, 1.807) is 56.3 Å². The van der Waals surface area contributed by atoms with Gasteiger partial charge in [-0.15, -0.1) is 0 Å². The molecule has 2 amide bonds. The number of likely N-dealkylation sites (N-methyl/N-ethyl adjacent to an activating group) is 1. The Bertz CT molecular complexity index is 940. The van der Waals surface area contributed by atoms with Crippen molar-refractivity contribution in [2.24, 2.45) is 0 Å². The van der Waals surface area contributed by atoms with Gasteiger partial charge >= 0.3 is 5.97 Å². The van der Waals surface area contributed by atoms with Crippen LogP contribution in [0.15, 0.2) is 58.3 Å². The van der Waals surface area contributed by atoms with Gasteiger partial charge in [0.05, 0.1) is 11.1 Å². The molecular formula is C21H21N3O4S. The first kappa shape index (κ1) is 22.0. The first-order valence-electron chi connectivity index (χ1n) is 8.96. The summed E-state index contributed by atoms with van der Waals surface area (Å²) < 4.78 is 5.10. The molecule has 0 heterocycles. The standard InChI is InChI=1S/C21H21N3O4S/c1-3-23-20(26)14(2)24-19(25)13-28-21(27)16-9-5-7-11-18(16)29-17-10-6-4-8-15(17)12-22/h4-11,14H,3,13H2,1-2H3,(H,23,26)(H,24,25)/t14-/m0/s1. The lowest BCUT2D eigenvalue weighted by Gasteiger charge is -2.14. The van der Waals surface area contributed by atoms with E-state index >= 15 is 0 Å². The van der Waals surface area contributed by atoms with Crippen LogP contribution in [0.1, 0.15) is 29.8 Å². The lowest BCUT2D eigenvalue weighted by Crippen LogP contribution is -2.46. The lowest BCUT2D eigenvalue weighted by molar-refractivity contribution is -0.130. The first-order chi connectivity index (χ1) is 14.0. The van der Waals surface area contributed by atoms with Crippen LogP contribution in [-0.4, -0.2) is 37.0 Å². The summed E-state index contributed by atoms with van der Waals surface area (Å²) in [6.45, 7) is 3.27. The fourth-order valence-corrected chi connectivity index (χ4v) is 3.39. The van der Waals surface area contributed by atoms with E-state index in [9.17, 15) is 19.6 Å². The van der Waals surface area contributed by atoms with E-state index in [1.807, 2.05) is 6.07 Å². The van der Waals surface area contributed by atoms with E-state index in [4.69, 9.17) is 4.74 Å². The molecule has 2 N–H and O–H groups in total. The highest BCUT2D eigenvalue weighted by Crippen LogP contribution is 2.32. The number of hydrogen-bond acceptors (Lipinski definition) is 6. The largest absolute Gasteiger partial charge is 0.452 e. The third kappa shape index (κ3) is 6.36. The maximum Gasteiger partial charge on any atom is 0.339 e. The molecule has 0 fully saturated rings. The monoisotopic (exact) mass is 411 g/mol. The molecule has 2 aromatic rings. The number of esters is 1. The van der Waals surface area contributed by atoms with Crippen molar-refractivity contribution >= 4 is 29.5 Å². The summed E-state index contributed by atoms with van der Waals surface area (Å²) >= 11 is 1.27. The number of carbonyl (C=O) groups is 3. The Morgan fingerprint density at radius 2 is 1.76 bits per heavy atom. The summed E-state index contributed by atoms with van der Waals surface area (Å²) in [6.07, 6.45) is 0. The van der Waals surface area contributed by atoms with E-state index in [0.29, 0.717) is 21.9 Å². The van der Waals surface area contributed by atoms with Crippen molar-refractivity contribution in [2.75, 3.05) is 13.2 Å². The number of ether oxygens (including phenoxy) is 1. The van der Waals surface area contributed by atoms with Gasteiger partial charge in [0, 0.05) is 16.3 Å². The average molecular weight is 411 g/mol. The average Bonchev–Trinajstić information content (AvgIpc) is 2.73. The molecule has 0 unspecified atom stereocenters. The van der Waals surface area contributed by atoms with Gasteiger partial charge in [-0.25, -0.2) is 4.79 Å². The number of benzene rings is 2. The third-order valence-corrected chi connectivity index (χ3v) is 4.94. The molecule has 150 valence electrons. The van der Waals surface area contributed by atoms with Gasteiger partial charge in [-0.1, -0.05) is 36.0 Å². The summed E-state index contributed by atoms with van der Waals surface area (Å²) in [5, 5.41) is 14.3. The van der Waals surface area contributed by atoms with Crippen molar-refractivity contribution in [3.05, 3.63) is 59.7 Å². The zero-order chi connectivity index (χ0) is 21.2. The van der Waals surface area contributed by atoms with Crippen LogP contribution < -0.4 is 10.6 Å². The van der Waals surface area contributed by atoms with Crippen LogP contribution >= 0.6 is 11.8 Å². The SMILES string of the molecule is CCNC(=O)[C@H](C)NC(=O)COC(=O)c1ccccc1Sc1ccccc1C#N. The molecule has 0 radical (unpaired) electrons. The van der Waals surface area contributed by atoms with Gasteiger partial charge in [0.2, 0.25) is 5.91 Å². The maximum absolute atomic E-state index is 12.5. The second-order valence-corrected chi connectivity index (χ2v) is 7.05. The summed E-state index contributed by atoms with van der Waals surface area (Å²) in [4.78, 5) is 37.4. The molecule has 0 aliphatic carbocycles. The second-order valence-electron chi connectivity index (χ2n) is 5.97. The van der Waals surface area contributed by atoms with Crippen molar-refractivity contribution in [1.82, 2.24) is 10.6 Å². The van der Waals surface area contributed by atoms with E-state index in [1.165, 1.54) is 11.8 Å². The van der Waals surface area contributed by atoms with Gasteiger partial charge < -0.3 is 15.4 Å². The first-order valence-corrected chi connectivity index (χ1v) is 9.78. The number of nitriles is 1. The molecule has 1 atom stereocenters. The van der Waals surface area contributed by atoms with Crippen LogP contribution in [0.2, 0.25) is 0 Å². The van der Waals surface area contributed by atoms with E-state index in [-0.39, 0.29) is 11.5 Å². The van der Waals surface area contributed by atoms with Crippen molar-refractivity contribution in [2.45, 2.75) is 29.7 Å². The van der Waals surface area contributed by atoms with Crippen molar-refractivity contribution < 1.29 is 19.1 Å². The van der Waals surface area contributed by atoms with Crippen LogP contribution in [0.4, 0.5) is 0 Å². The molecule has 2 aromatic carbocycles. The normalized spacial score (nSPS) is 11.1. The quantitative estimate of drug-likeness (QED) is 0.646. The van der Waals surface area contributed by atoms with Crippen LogP contribution in [0.3, 0.4) is 0 Å². The Hall–Kier alpha value is -3.31. The third-order valence-electron chi connectivity index (χ3n) is 3.79. The molecule has 0 saturated carbocycles. The van der Waals surface area contributed by atoms with Crippen LogP contribution in [-0.2, 0) is 14.3 Å². The minimum Gasteiger partial charge on any atom is -0.452 e. The summed E-state index contributed by atoms with van der Waals surface area (Å²) in [7, 11) is 0. The van der Waals surface area contributed by atoms with Gasteiger partial charge in [0.15, 0.2) is 6.61 Å². The smallest absolute Gasteiger partial charge is 0.339 e. The predicted octanol–water partition coefficient (Wildman–Crippen LogP) is 2.51. The maximum atomic E-state index is 12.5. The highest BCUT2D eigenvalue weighted by molar-refractivity contribution is 7.99. The summed E-state index contributed by atoms with van der Waals surface area (Å²) in [5.41, 5.74) is 0.786. The highest BCUT2D eigenvalue weighted by atomic mass is 32.2. The lowest BCUT2D eigenvalue weighted by atomic mass is 10.2. The number of nitrogens with one attached hydrogen (secondary N) is 2. The Morgan fingerprint density at radius 3 is 2.45 bits per heavy atom. The van der Waals surface area contributed by atoms with Crippen LogP contribution in [0.5, 0.6) is 0 Å². The number of amides is 2. The molecule has 0 aromatic heterocycles. The Morgan fingerprint density at radius 1 is 1.10 bits per heavy atom. The molecule has 0 bridgehead atoms. The van der Waals surface area contributed by atoms with Gasteiger partial charge in [-0.3, -0.25) is 9.59 Å². The van der Waals surface area contributed by atoms with Crippen molar-refractivity contribution in [3.63, 3.8) is 0 Å². The molecule has 29 heavy (non-hydrogen) atoms. The zero-order valence-electron chi connectivity index (χ0n) is 16.1. The molecule has 0 aliphatic rings. The molecule has 8 heteroatoms. The molecule has 2 rings (SSSR count). The molecule has 0 saturated heterocycles. The fourth-order valence-electron chi connectivity index (χ4n) is 2.38. The Kier molecular flexibility index (Phi) is 8.25. The van der Waals surface area contributed by atoms with Crippen molar-refractivity contribution in [1.29, 1.82) is 5.26 Å². The van der Waals surface area contributed by atoms with Crippen LogP contribution in [0, 0.1) is 11.3 Å². The van der Waals surface area contributed by atoms with Gasteiger partial charge in [0.25, 0.3) is 5.91 Å².